The Bertz CT molecular complexity index is 1490. The Morgan fingerprint density at radius 2 is 0.579 bits per heavy atom. The summed E-state index contributed by atoms with van der Waals surface area (Å²) in [5.74, 6) is -4.71. The Morgan fingerprint density at radius 3 is 0.614 bits per heavy atom. The number of halogens is 12. The zero-order valence-corrected chi connectivity index (χ0v) is 30.2. The molecular formula is C22H28CuF12N12O8P2. The van der Waals surface area contributed by atoms with Crippen LogP contribution >= 0.6 is 15.6 Å². The molecule has 12 N–H and O–H groups in total. The van der Waals surface area contributed by atoms with Crippen molar-refractivity contribution in [3.05, 3.63) is 73.8 Å². The van der Waals surface area contributed by atoms with Gasteiger partial charge in [0.05, 0.1) is 24.8 Å². The molecule has 0 aliphatic carbocycles. The first-order chi connectivity index (χ1) is 24.7. The Balaban J connectivity index is -0.000000180. The van der Waals surface area contributed by atoms with E-state index in [4.69, 9.17) is 22.9 Å². The van der Waals surface area contributed by atoms with Crippen molar-refractivity contribution in [3.8, 4) is 0 Å². The second kappa shape index (κ2) is 24.5. The van der Waals surface area contributed by atoms with Crippen LogP contribution in [0.2, 0.25) is 0 Å². The third-order valence-electron chi connectivity index (χ3n) is 3.09. The van der Waals surface area contributed by atoms with Gasteiger partial charge in [-0.2, -0.15) is 0 Å². The molecule has 0 atom stereocenters. The van der Waals surface area contributed by atoms with Crippen LogP contribution in [-0.4, -0.2) is 43.8 Å². The van der Waals surface area contributed by atoms with E-state index in [2.05, 4.69) is 39.9 Å². The summed E-state index contributed by atoms with van der Waals surface area (Å²) >= 11 is 0. The quantitative estimate of drug-likeness (QED) is 0.0777. The SMILES string of the molecule is F[P-](F)(F)(F)(F)F.F[P-](F)(F)(F)(F)F.Nc1nccc[nH+]1.Nc1nccc[nH+]1.Nc1nccc[nH+]1.Nc1nccc[nH+]1.O=C([O-])CC(=O)[O-].O=C([O-])CC(=O)[O-].[Cu+2]. The molecule has 57 heavy (non-hydrogen) atoms. The monoisotopic (exact) mass is 941 g/mol. The van der Waals surface area contributed by atoms with Gasteiger partial charge in [0.15, 0.2) is 0 Å². The van der Waals surface area contributed by atoms with Crippen molar-refractivity contribution in [2.45, 2.75) is 12.8 Å². The summed E-state index contributed by atoms with van der Waals surface area (Å²) in [7, 11) is -21.3. The number of aromatic nitrogens is 8. The van der Waals surface area contributed by atoms with Crippen LogP contribution in [0.25, 0.3) is 0 Å². The maximum absolute atomic E-state index is 10.7. The van der Waals surface area contributed by atoms with Gasteiger partial charge in [-0.15, -0.1) is 0 Å². The Kier molecular flexibility index (Phi) is 25.8. The average molecular weight is 942 g/mol. The molecule has 0 amide bonds. The zero-order valence-electron chi connectivity index (χ0n) is 27.4. The number of carboxylic acid groups (broad SMARTS) is 4. The van der Waals surface area contributed by atoms with Crippen LogP contribution in [-0.2, 0) is 36.2 Å². The number of hydrogen-bond acceptors (Lipinski definition) is 16. The maximum atomic E-state index is 9.87. The molecule has 0 spiro atoms. The molecule has 0 fully saturated rings. The molecule has 0 aromatic carbocycles. The molecule has 329 valence electrons. The van der Waals surface area contributed by atoms with Gasteiger partial charge in [-0.05, 0) is 0 Å². The van der Waals surface area contributed by atoms with Crippen LogP contribution in [0.4, 0.5) is 74.2 Å². The van der Waals surface area contributed by atoms with Gasteiger partial charge >= 0.3 is 107 Å². The second-order valence-electron chi connectivity index (χ2n) is 8.43. The Hall–Kier alpha value is -6.06. The third-order valence-corrected chi connectivity index (χ3v) is 3.09. The number of nitrogens with one attached hydrogen (secondary N) is 4. The van der Waals surface area contributed by atoms with Gasteiger partial charge in [0.25, 0.3) is 0 Å². The molecule has 4 heterocycles. The van der Waals surface area contributed by atoms with E-state index in [1.165, 1.54) is 0 Å². The van der Waals surface area contributed by atoms with Gasteiger partial charge in [0.1, 0.15) is 24.8 Å². The summed E-state index contributed by atoms with van der Waals surface area (Å²) < 4.78 is 118. The van der Waals surface area contributed by atoms with Crippen LogP contribution in [0, 0.1) is 0 Å². The number of anilines is 4. The zero-order chi connectivity index (χ0) is 45.0. The minimum atomic E-state index is -10.7. The van der Waals surface area contributed by atoms with Crippen LogP contribution in [0.5, 0.6) is 0 Å². The van der Waals surface area contributed by atoms with Gasteiger partial charge < -0.3 is 39.6 Å². The first-order valence-electron chi connectivity index (χ1n) is 13.0. The number of aliphatic carboxylic acids is 4. The molecule has 0 aliphatic heterocycles. The predicted octanol–water partition coefficient (Wildman–Crippen LogP) is -1.57. The molecule has 0 bridgehead atoms. The number of carbonyl (C=O) groups excluding carboxylic acids is 4. The molecule has 0 aliphatic rings. The van der Waals surface area contributed by atoms with E-state index in [0.29, 0.717) is 23.8 Å². The number of carboxylic acids is 4. The van der Waals surface area contributed by atoms with Crippen molar-refractivity contribution in [1.29, 1.82) is 0 Å². The number of H-pyrrole nitrogens is 4. The topological polar surface area (TPSA) is 373 Å². The summed E-state index contributed by atoms with van der Waals surface area (Å²) in [5, 5.41) is 37.1. The number of hydrogen-bond donors (Lipinski definition) is 4. The van der Waals surface area contributed by atoms with Gasteiger partial charge in [-0.25, -0.2) is 19.9 Å². The van der Waals surface area contributed by atoms with E-state index in [9.17, 15) is 90.0 Å². The fourth-order valence-corrected chi connectivity index (χ4v) is 1.58. The molecule has 0 saturated heterocycles. The normalized spacial score (nSPS) is 11.9. The van der Waals surface area contributed by atoms with Crippen molar-refractivity contribution >= 4 is 63.3 Å². The molecular weight excluding hydrogens is 914 g/mol. The van der Waals surface area contributed by atoms with Crippen molar-refractivity contribution in [3.63, 3.8) is 0 Å². The fourth-order valence-electron chi connectivity index (χ4n) is 1.58. The first kappa shape index (κ1) is 60.2. The second-order valence-corrected chi connectivity index (χ2v) is 12.3. The van der Waals surface area contributed by atoms with Crippen LogP contribution in [0.3, 0.4) is 0 Å². The van der Waals surface area contributed by atoms with Gasteiger partial charge in [-0.3, -0.25) is 22.9 Å². The summed E-state index contributed by atoms with van der Waals surface area (Å²) in [6, 6.07) is 7.10. The molecule has 20 nitrogen and oxygen atoms in total. The van der Waals surface area contributed by atoms with Crippen LogP contribution in [0.1, 0.15) is 12.8 Å². The molecule has 4 aromatic rings. The molecule has 0 saturated carbocycles. The predicted molar refractivity (Wildman–Crippen MR) is 157 cm³/mol. The first-order valence-corrected chi connectivity index (χ1v) is 17.0. The standard InChI is InChI=1S/4C4H5N3.2C3H4O4.Cu.2F6P/c4*5-4-6-2-1-3-7-4;2*4-2(5)1-3(6)7;;2*1-7(2,3,4,5)6/h4*1-3H,(H2,5,6,7);2*1H2,(H,4,5)(H,6,7);;;/q;;;;;;+2;2*-1. The minimum absolute atomic E-state index is 0. The van der Waals surface area contributed by atoms with Gasteiger partial charge in [0.2, 0.25) is 0 Å². The van der Waals surface area contributed by atoms with Crippen molar-refractivity contribution in [2.24, 2.45) is 0 Å². The van der Waals surface area contributed by atoms with E-state index in [1.54, 1.807) is 73.8 Å². The molecule has 4 aromatic heterocycles. The summed E-state index contributed by atoms with van der Waals surface area (Å²) in [5.41, 5.74) is 20.8. The smallest absolute Gasteiger partial charge is 0.550 e. The van der Waals surface area contributed by atoms with Crippen molar-refractivity contribution in [2.75, 3.05) is 22.9 Å². The van der Waals surface area contributed by atoms with E-state index < -0.39 is 52.3 Å². The molecule has 4 rings (SSSR count). The van der Waals surface area contributed by atoms with Gasteiger partial charge in [-0.1, -0.05) is 19.9 Å². The molecule has 0 unspecified atom stereocenters. The van der Waals surface area contributed by atoms with E-state index in [1.807, 2.05) is 0 Å². The number of nitrogens with two attached hydrogens (primary N) is 4. The van der Waals surface area contributed by atoms with E-state index in [0.717, 1.165) is 0 Å². The van der Waals surface area contributed by atoms with Crippen molar-refractivity contribution in [1.82, 2.24) is 19.9 Å². The maximum Gasteiger partial charge on any atom is 2.00 e. The van der Waals surface area contributed by atoms with Crippen LogP contribution < -0.4 is 63.3 Å². The number of nitrogens with zero attached hydrogens (tertiary/aromatic N) is 4. The average Bonchev–Trinajstić information content (AvgIpc) is 2.96. The van der Waals surface area contributed by atoms with E-state index >= 15 is 0 Å². The largest absolute Gasteiger partial charge is 2.00 e. The summed E-state index contributed by atoms with van der Waals surface area (Å²) in [6.07, 6.45) is 11.4. The fraction of sp³-hybridized carbons (Fsp3) is 0.0909. The third kappa shape index (κ3) is 99.6. The Labute approximate surface area is 319 Å². The molecule has 1 radical (unpaired) electrons. The number of rotatable bonds is 4. The Morgan fingerprint density at radius 1 is 0.439 bits per heavy atom. The number of carbonyl (C=O) groups is 4. The van der Waals surface area contributed by atoms with E-state index in [-0.39, 0.29) is 17.1 Å². The minimum Gasteiger partial charge on any atom is -0.550 e. The summed E-state index contributed by atoms with van der Waals surface area (Å²) in [4.78, 5) is 62.7. The van der Waals surface area contributed by atoms with Crippen molar-refractivity contribution < 1.29 is 127 Å². The summed E-state index contributed by atoms with van der Waals surface area (Å²) in [6.45, 7) is 0. The number of nitrogen functional groups attached to an aromatic ring is 4. The number of aromatic amines is 4. The van der Waals surface area contributed by atoms with Crippen LogP contribution in [0.15, 0.2) is 73.8 Å². The van der Waals surface area contributed by atoms with Gasteiger partial charge in [0, 0.05) is 61.0 Å². The molecule has 35 heteroatoms.